The van der Waals surface area contributed by atoms with Crippen LogP contribution in [0.1, 0.15) is 34.7 Å². The highest BCUT2D eigenvalue weighted by Gasteiger charge is 2.21. The first-order valence-corrected chi connectivity index (χ1v) is 7.39. The average molecular weight is 287 g/mol. The summed E-state index contributed by atoms with van der Waals surface area (Å²) < 4.78 is 26.3. The minimum atomic E-state index is -0.508. The molecular weight excluding hydrogens is 268 g/mol. The van der Waals surface area contributed by atoms with Crippen molar-refractivity contribution in [3.63, 3.8) is 0 Å². The van der Waals surface area contributed by atoms with Gasteiger partial charge in [0, 0.05) is 12.1 Å². The van der Waals surface area contributed by atoms with E-state index in [-0.39, 0.29) is 0 Å². The van der Waals surface area contributed by atoms with Crippen LogP contribution in [0.5, 0.6) is 0 Å². The van der Waals surface area contributed by atoms with Crippen LogP contribution in [0, 0.1) is 18.6 Å². The molecule has 1 N–H and O–H groups in total. The van der Waals surface area contributed by atoms with E-state index in [2.05, 4.69) is 30.4 Å². The molecule has 0 spiro atoms. The molecule has 3 rings (SSSR count). The van der Waals surface area contributed by atoms with Crippen LogP contribution in [0.25, 0.3) is 0 Å². The summed E-state index contributed by atoms with van der Waals surface area (Å²) in [6.07, 6.45) is 2.82. The van der Waals surface area contributed by atoms with Gasteiger partial charge in [-0.3, -0.25) is 0 Å². The zero-order valence-corrected chi connectivity index (χ0v) is 12.1. The third-order valence-corrected chi connectivity index (χ3v) is 4.11. The molecule has 0 amide bonds. The lowest BCUT2D eigenvalue weighted by atomic mass is 10.0. The molecule has 0 radical (unpaired) electrons. The SMILES string of the molecule is Cc1ccc2c(c1)C(NCCc1cc(F)cc(F)c1)CC2. The Morgan fingerprint density at radius 2 is 1.86 bits per heavy atom. The van der Waals surface area contributed by atoms with E-state index in [0.29, 0.717) is 18.0 Å². The average Bonchev–Trinajstić information content (AvgIpc) is 2.80. The zero-order valence-electron chi connectivity index (χ0n) is 12.1. The van der Waals surface area contributed by atoms with E-state index in [4.69, 9.17) is 0 Å². The Morgan fingerprint density at radius 1 is 1.10 bits per heavy atom. The van der Waals surface area contributed by atoms with Crippen molar-refractivity contribution >= 4 is 0 Å². The van der Waals surface area contributed by atoms with Gasteiger partial charge in [-0.25, -0.2) is 8.78 Å². The molecule has 21 heavy (non-hydrogen) atoms. The molecule has 0 fully saturated rings. The van der Waals surface area contributed by atoms with Gasteiger partial charge in [0.25, 0.3) is 0 Å². The van der Waals surface area contributed by atoms with Crippen molar-refractivity contribution in [3.05, 3.63) is 70.3 Å². The van der Waals surface area contributed by atoms with Crippen LogP contribution in [0.3, 0.4) is 0 Å². The molecule has 0 saturated carbocycles. The van der Waals surface area contributed by atoms with E-state index in [0.717, 1.165) is 25.5 Å². The predicted molar refractivity (Wildman–Crippen MR) is 80.3 cm³/mol. The van der Waals surface area contributed by atoms with E-state index in [1.54, 1.807) is 0 Å². The van der Waals surface area contributed by atoms with E-state index in [1.807, 2.05) is 0 Å². The normalized spacial score (nSPS) is 17.0. The first-order valence-electron chi connectivity index (χ1n) is 7.39. The molecule has 0 bridgehead atoms. The Balaban J connectivity index is 1.61. The van der Waals surface area contributed by atoms with Gasteiger partial charge in [-0.05, 0) is 61.6 Å². The van der Waals surface area contributed by atoms with Crippen LogP contribution in [0.2, 0.25) is 0 Å². The summed E-state index contributed by atoms with van der Waals surface area (Å²) in [7, 11) is 0. The van der Waals surface area contributed by atoms with Crippen molar-refractivity contribution in [3.8, 4) is 0 Å². The number of halogens is 2. The zero-order chi connectivity index (χ0) is 14.8. The van der Waals surface area contributed by atoms with Crippen molar-refractivity contribution in [1.82, 2.24) is 5.32 Å². The van der Waals surface area contributed by atoms with Gasteiger partial charge in [-0.1, -0.05) is 23.8 Å². The van der Waals surface area contributed by atoms with E-state index in [1.165, 1.54) is 28.8 Å². The molecule has 1 aliphatic rings. The Hall–Kier alpha value is -1.74. The number of nitrogens with one attached hydrogen (secondary N) is 1. The summed E-state index contributed by atoms with van der Waals surface area (Å²) in [6, 6.07) is 10.7. The molecule has 1 nitrogen and oxygen atoms in total. The molecule has 3 heteroatoms. The van der Waals surface area contributed by atoms with Crippen molar-refractivity contribution in [2.45, 2.75) is 32.2 Å². The Labute approximate surface area is 124 Å². The summed E-state index contributed by atoms with van der Waals surface area (Å²) >= 11 is 0. The Bertz CT molecular complexity index is 631. The molecule has 0 aromatic heterocycles. The van der Waals surface area contributed by atoms with E-state index in [9.17, 15) is 8.78 Å². The lowest BCUT2D eigenvalue weighted by molar-refractivity contribution is 0.530. The van der Waals surface area contributed by atoms with Crippen molar-refractivity contribution in [2.75, 3.05) is 6.54 Å². The van der Waals surface area contributed by atoms with Gasteiger partial charge in [-0.2, -0.15) is 0 Å². The predicted octanol–water partition coefficient (Wildman–Crippen LogP) is 4.09. The highest BCUT2D eigenvalue weighted by atomic mass is 19.1. The lowest BCUT2D eigenvalue weighted by Gasteiger charge is -2.14. The van der Waals surface area contributed by atoms with Gasteiger partial charge in [0.05, 0.1) is 0 Å². The van der Waals surface area contributed by atoms with Crippen molar-refractivity contribution in [2.24, 2.45) is 0 Å². The molecule has 1 unspecified atom stereocenters. The molecule has 110 valence electrons. The van der Waals surface area contributed by atoms with Gasteiger partial charge >= 0.3 is 0 Å². The van der Waals surface area contributed by atoms with Crippen LogP contribution in [0.15, 0.2) is 36.4 Å². The Morgan fingerprint density at radius 3 is 2.62 bits per heavy atom. The van der Waals surface area contributed by atoms with Crippen LogP contribution >= 0.6 is 0 Å². The van der Waals surface area contributed by atoms with Crippen LogP contribution in [-0.2, 0) is 12.8 Å². The fourth-order valence-electron chi connectivity index (χ4n) is 3.08. The third-order valence-electron chi connectivity index (χ3n) is 4.11. The van der Waals surface area contributed by atoms with Gasteiger partial charge in [0.1, 0.15) is 11.6 Å². The first kappa shape index (κ1) is 14.2. The second-order valence-electron chi connectivity index (χ2n) is 5.78. The van der Waals surface area contributed by atoms with Crippen LogP contribution in [0.4, 0.5) is 8.78 Å². The minimum absolute atomic E-state index is 0.360. The van der Waals surface area contributed by atoms with Crippen molar-refractivity contribution in [1.29, 1.82) is 0 Å². The number of aryl methyl sites for hydroxylation is 2. The molecule has 1 atom stereocenters. The number of fused-ring (bicyclic) bond motifs is 1. The van der Waals surface area contributed by atoms with Gasteiger partial charge in [-0.15, -0.1) is 0 Å². The maximum Gasteiger partial charge on any atom is 0.126 e. The standard InChI is InChI=1S/C18H19F2N/c1-12-2-3-14-4-5-18(17(14)8-12)21-7-6-13-9-15(19)11-16(20)10-13/h2-3,8-11,18,21H,4-7H2,1H3. The molecule has 2 aromatic rings. The molecule has 0 heterocycles. The van der Waals surface area contributed by atoms with E-state index < -0.39 is 11.6 Å². The fraction of sp³-hybridized carbons (Fsp3) is 0.333. The third kappa shape index (κ3) is 3.30. The number of benzene rings is 2. The quantitative estimate of drug-likeness (QED) is 0.893. The van der Waals surface area contributed by atoms with E-state index >= 15 is 0 Å². The number of hydrogen-bond acceptors (Lipinski definition) is 1. The summed E-state index contributed by atoms with van der Waals surface area (Å²) in [6.45, 7) is 2.83. The summed E-state index contributed by atoms with van der Waals surface area (Å²) in [5.74, 6) is -1.02. The maximum absolute atomic E-state index is 13.1. The highest BCUT2D eigenvalue weighted by Crippen LogP contribution is 2.31. The summed E-state index contributed by atoms with van der Waals surface area (Å²) in [4.78, 5) is 0. The highest BCUT2D eigenvalue weighted by molar-refractivity contribution is 5.37. The van der Waals surface area contributed by atoms with Crippen LogP contribution in [-0.4, -0.2) is 6.54 Å². The minimum Gasteiger partial charge on any atom is -0.310 e. The first-order chi connectivity index (χ1) is 10.1. The molecule has 2 aromatic carbocycles. The summed E-state index contributed by atoms with van der Waals surface area (Å²) in [5, 5.41) is 3.51. The second-order valence-corrected chi connectivity index (χ2v) is 5.78. The number of hydrogen-bond donors (Lipinski definition) is 1. The fourth-order valence-corrected chi connectivity index (χ4v) is 3.08. The van der Waals surface area contributed by atoms with Gasteiger partial charge < -0.3 is 5.32 Å². The Kier molecular flexibility index (Phi) is 4.02. The maximum atomic E-state index is 13.1. The second kappa shape index (κ2) is 5.94. The van der Waals surface area contributed by atoms with Crippen molar-refractivity contribution < 1.29 is 8.78 Å². The molecule has 1 aliphatic carbocycles. The largest absolute Gasteiger partial charge is 0.310 e. The molecule has 0 aliphatic heterocycles. The van der Waals surface area contributed by atoms with Gasteiger partial charge in [0.2, 0.25) is 0 Å². The van der Waals surface area contributed by atoms with Crippen LogP contribution < -0.4 is 5.32 Å². The summed E-state index contributed by atoms with van der Waals surface area (Å²) in [5.41, 5.74) is 4.76. The molecular formula is C18H19F2N. The lowest BCUT2D eigenvalue weighted by Crippen LogP contribution is -2.22. The smallest absolute Gasteiger partial charge is 0.126 e. The topological polar surface area (TPSA) is 12.0 Å². The molecule has 0 saturated heterocycles. The van der Waals surface area contributed by atoms with Gasteiger partial charge in [0.15, 0.2) is 0 Å². The monoisotopic (exact) mass is 287 g/mol. The number of rotatable bonds is 4.